The summed E-state index contributed by atoms with van der Waals surface area (Å²) in [4.78, 5) is 9.08. The molecule has 0 aliphatic carbocycles. The predicted molar refractivity (Wildman–Crippen MR) is 80.5 cm³/mol. The molecule has 0 aliphatic heterocycles. The zero-order chi connectivity index (χ0) is 13.1. The third-order valence-corrected chi connectivity index (χ3v) is 3.81. The third-order valence-electron chi connectivity index (χ3n) is 2.52. The Hall–Kier alpha value is -1.18. The van der Waals surface area contributed by atoms with Gasteiger partial charge in [-0.05, 0) is 35.9 Å². The highest BCUT2D eigenvalue weighted by Crippen LogP contribution is 2.23. The molecule has 18 heavy (non-hydrogen) atoms. The van der Waals surface area contributed by atoms with Gasteiger partial charge in [0, 0.05) is 19.8 Å². The summed E-state index contributed by atoms with van der Waals surface area (Å²) in [5, 5.41) is 7.49. The molecule has 0 saturated carbocycles. The fraction of sp³-hybridized carbons (Fsp3) is 0.417. The standard InChI is InChI=1S/C12H16IN5/c1-4-5-14-12-10(13)8(2)16-11(17-12)9-6-15-18(3)7-9/h6-7H,4-5H2,1-3H3,(H,14,16,17). The molecule has 0 saturated heterocycles. The number of hydrogen-bond acceptors (Lipinski definition) is 4. The van der Waals surface area contributed by atoms with Gasteiger partial charge in [-0.3, -0.25) is 4.68 Å². The number of nitrogens with zero attached hydrogens (tertiary/aromatic N) is 4. The van der Waals surface area contributed by atoms with Gasteiger partial charge in [0.1, 0.15) is 5.82 Å². The first-order chi connectivity index (χ1) is 8.61. The number of hydrogen-bond donors (Lipinski definition) is 1. The molecule has 0 bridgehead atoms. The molecule has 0 radical (unpaired) electrons. The maximum absolute atomic E-state index is 4.57. The van der Waals surface area contributed by atoms with E-state index in [1.165, 1.54) is 0 Å². The minimum Gasteiger partial charge on any atom is -0.369 e. The molecule has 0 fully saturated rings. The first-order valence-corrected chi connectivity index (χ1v) is 6.96. The molecule has 96 valence electrons. The molecule has 0 atom stereocenters. The average Bonchev–Trinajstić information content (AvgIpc) is 2.77. The van der Waals surface area contributed by atoms with Crippen LogP contribution in [0.2, 0.25) is 0 Å². The minimum atomic E-state index is 0.722. The molecular weight excluding hydrogens is 341 g/mol. The van der Waals surface area contributed by atoms with E-state index in [4.69, 9.17) is 0 Å². The van der Waals surface area contributed by atoms with Crippen LogP contribution < -0.4 is 5.32 Å². The van der Waals surface area contributed by atoms with Gasteiger partial charge in [-0.25, -0.2) is 9.97 Å². The molecule has 2 rings (SSSR count). The van der Waals surface area contributed by atoms with Crippen LogP contribution in [0.25, 0.3) is 11.4 Å². The fourth-order valence-corrected chi connectivity index (χ4v) is 2.02. The van der Waals surface area contributed by atoms with Crippen LogP contribution >= 0.6 is 22.6 Å². The zero-order valence-electron chi connectivity index (χ0n) is 10.7. The summed E-state index contributed by atoms with van der Waals surface area (Å²) in [6, 6.07) is 0. The SMILES string of the molecule is CCCNc1nc(-c2cnn(C)c2)nc(C)c1I. The topological polar surface area (TPSA) is 55.6 Å². The number of anilines is 1. The molecule has 5 nitrogen and oxygen atoms in total. The Labute approximate surface area is 120 Å². The van der Waals surface area contributed by atoms with Gasteiger partial charge in [0.05, 0.1) is 21.0 Å². The van der Waals surface area contributed by atoms with Gasteiger partial charge in [-0.15, -0.1) is 0 Å². The lowest BCUT2D eigenvalue weighted by Gasteiger charge is -2.09. The van der Waals surface area contributed by atoms with Crippen LogP contribution in [0.3, 0.4) is 0 Å². The quantitative estimate of drug-likeness (QED) is 0.855. The maximum atomic E-state index is 4.57. The van der Waals surface area contributed by atoms with E-state index in [9.17, 15) is 0 Å². The van der Waals surface area contributed by atoms with E-state index in [2.05, 4.69) is 49.9 Å². The second kappa shape index (κ2) is 5.64. The van der Waals surface area contributed by atoms with Gasteiger partial charge < -0.3 is 5.32 Å². The van der Waals surface area contributed by atoms with E-state index in [0.29, 0.717) is 0 Å². The van der Waals surface area contributed by atoms with Crippen molar-refractivity contribution >= 4 is 28.4 Å². The molecule has 0 aliphatic rings. The van der Waals surface area contributed by atoms with E-state index in [0.717, 1.165) is 39.4 Å². The molecule has 2 aromatic heterocycles. The molecule has 0 spiro atoms. The van der Waals surface area contributed by atoms with E-state index in [1.54, 1.807) is 10.9 Å². The summed E-state index contributed by atoms with van der Waals surface area (Å²) in [7, 11) is 1.89. The van der Waals surface area contributed by atoms with Crippen molar-refractivity contribution in [3.63, 3.8) is 0 Å². The van der Waals surface area contributed by atoms with E-state index < -0.39 is 0 Å². The van der Waals surface area contributed by atoms with Crippen LogP contribution in [-0.4, -0.2) is 26.3 Å². The van der Waals surface area contributed by atoms with E-state index in [1.807, 2.05) is 20.2 Å². The fourth-order valence-electron chi connectivity index (χ4n) is 1.59. The highest BCUT2D eigenvalue weighted by atomic mass is 127. The minimum absolute atomic E-state index is 0.722. The Kier molecular flexibility index (Phi) is 4.15. The number of aromatic nitrogens is 4. The van der Waals surface area contributed by atoms with Gasteiger partial charge in [0.25, 0.3) is 0 Å². The first kappa shape index (κ1) is 13.3. The van der Waals surface area contributed by atoms with Crippen LogP contribution in [0.1, 0.15) is 19.0 Å². The lowest BCUT2D eigenvalue weighted by atomic mass is 10.3. The Morgan fingerprint density at radius 3 is 2.78 bits per heavy atom. The smallest absolute Gasteiger partial charge is 0.165 e. The van der Waals surface area contributed by atoms with Crippen LogP contribution in [-0.2, 0) is 7.05 Å². The van der Waals surface area contributed by atoms with Crippen molar-refractivity contribution in [2.45, 2.75) is 20.3 Å². The largest absolute Gasteiger partial charge is 0.369 e. The van der Waals surface area contributed by atoms with Crippen molar-refractivity contribution in [1.82, 2.24) is 19.7 Å². The first-order valence-electron chi connectivity index (χ1n) is 5.89. The van der Waals surface area contributed by atoms with Crippen LogP contribution in [0, 0.1) is 10.5 Å². The van der Waals surface area contributed by atoms with Crippen molar-refractivity contribution in [3.8, 4) is 11.4 Å². The molecule has 0 amide bonds. The van der Waals surface area contributed by atoms with Crippen LogP contribution in [0.15, 0.2) is 12.4 Å². The maximum Gasteiger partial charge on any atom is 0.165 e. The molecule has 2 heterocycles. The lowest BCUT2D eigenvalue weighted by molar-refractivity contribution is 0.768. The number of nitrogens with one attached hydrogen (secondary N) is 1. The second-order valence-corrected chi connectivity index (χ2v) is 5.20. The van der Waals surface area contributed by atoms with Gasteiger partial charge in [-0.1, -0.05) is 6.92 Å². The Balaban J connectivity index is 2.40. The van der Waals surface area contributed by atoms with E-state index in [-0.39, 0.29) is 0 Å². The van der Waals surface area contributed by atoms with Gasteiger partial charge in [-0.2, -0.15) is 5.10 Å². The summed E-state index contributed by atoms with van der Waals surface area (Å²) < 4.78 is 2.83. The van der Waals surface area contributed by atoms with Gasteiger partial charge in [0.15, 0.2) is 5.82 Å². The van der Waals surface area contributed by atoms with Crippen molar-refractivity contribution in [1.29, 1.82) is 0 Å². The van der Waals surface area contributed by atoms with Crippen LogP contribution in [0.5, 0.6) is 0 Å². The number of aryl methyl sites for hydroxylation is 2. The van der Waals surface area contributed by atoms with Crippen LogP contribution in [0.4, 0.5) is 5.82 Å². The molecular formula is C12H16IN5. The van der Waals surface area contributed by atoms with Crippen molar-refractivity contribution < 1.29 is 0 Å². The summed E-state index contributed by atoms with van der Waals surface area (Å²) in [6.45, 7) is 5.05. The molecule has 0 aromatic carbocycles. The normalized spacial score (nSPS) is 10.7. The Morgan fingerprint density at radius 2 is 2.17 bits per heavy atom. The zero-order valence-corrected chi connectivity index (χ0v) is 12.9. The molecule has 6 heteroatoms. The van der Waals surface area contributed by atoms with E-state index >= 15 is 0 Å². The Morgan fingerprint density at radius 1 is 1.39 bits per heavy atom. The average molecular weight is 357 g/mol. The lowest BCUT2D eigenvalue weighted by Crippen LogP contribution is -2.07. The van der Waals surface area contributed by atoms with Crippen molar-refractivity contribution in [2.24, 2.45) is 7.05 Å². The Bertz CT molecular complexity index is 549. The molecule has 2 aromatic rings. The number of halogens is 1. The summed E-state index contributed by atoms with van der Waals surface area (Å²) in [5.74, 6) is 1.63. The summed E-state index contributed by atoms with van der Waals surface area (Å²) in [6.07, 6.45) is 4.78. The highest BCUT2D eigenvalue weighted by Gasteiger charge is 2.11. The van der Waals surface area contributed by atoms with Crippen molar-refractivity contribution in [3.05, 3.63) is 21.7 Å². The summed E-state index contributed by atoms with van der Waals surface area (Å²) >= 11 is 2.28. The van der Waals surface area contributed by atoms with Gasteiger partial charge >= 0.3 is 0 Å². The third kappa shape index (κ3) is 2.80. The molecule has 1 N–H and O–H groups in total. The van der Waals surface area contributed by atoms with Gasteiger partial charge in [0.2, 0.25) is 0 Å². The summed E-state index contributed by atoms with van der Waals surface area (Å²) in [5.41, 5.74) is 1.93. The van der Waals surface area contributed by atoms with Crippen molar-refractivity contribution in [2.75, 3.05) is 11.9 Å². The predicted octanol–water partition coefficient (Wildman–Crippen LogP) is 2.61. The number of rotatable bonds is 4. The molecule has 0 unspecified atom stereocenters. The monoisotopic (exact) mass is 357 g/mol. The highest BCUT2D eigenvalue weighted by molar-refractivity contribution is 14.1. The second-order valence-electron chi connectivity index (χ2n) is 4.12.